The Kier molecular flexibility index (Phi) is 5.69. The summed E-state index contributed by atoms with van der Waals surface area (Å²) in [6.45, 7) is 5.41. The lowest BCUT2D eigenvalue weighted by molar-refractivity contribution is 0.293. The maximum atomic E-state index is 13.5. The van der Waals surface area contributed by atoms with Gasteiger partial charge in [-0.2, -0.15) is 0 Å². The number of ether oxygens (including phenoxy) is 1. The quantitative estimate of drug-likeness (QED) is 0.840. The maximum Gasteiger partial charge on any atom is 0.130 e. The van der Waals surface area contributed by atoms with Crippen molar-refractivity contribution in [2.45, 2.75) is 32.9 Å². The normalized spacial score (nSPS) is 12.1. The lowest BCUT2D eigenvalue weighted by atomic mass is 10.1. The predicted molar refractivity (Wildman–Crippen MR) is 81.7 cm³/mol. The fourth-order valence-corrected chi connectivity index (χ4v) is 2.10. The Labute approximate surface area is 125 Å². The van der Waals surface area contributed by atoms with Gasteiger partial charge in [0.15, 0.2) is 0 Å². The van der Waals surface area contributed by atoms with Gasteiger partial charge >= 0.3 is 0 Å². The number of nitrogens with zero attached hydrogens (tertiary/aromatic N) is 1. The van der Waals surface area contributed by atoms with Crippen LogP contribution in [0.3, 0.4) is 0 Å². The van der Waals surface area contributed by atoms with Crippen molar-refractivity contribution < 1.29 is 9.13 Å². The highest BCUT2D eigenvalue weighted by Crippen LogP contribution is 2.26. The average molecular weight is 288 g/mol. The smallest absolute Gasteiger partial charge is 0.130 e. The van der Waals surface area contributed by atoms with Gasteiger partial charge in [0.1, 0.15) is 18.2 Å². The maximum absolute atomic E-state index is 13.5. The molecule has 1 aromatic heterocycles. The molecule has 0 bridgehead atoms. The molecule has 0 fully saturated rings. The van der Waals surface area contributed by atoms with Gasteiger partial charge in [-0.25, -0.2) is 4.39 Å². The van der Waals surface area contributed by atoms with E-state index >= 15 is 0 Å². The summed E-state index contributed by atoms with van der Waals surface area (Å²) in [5.41, 5.74) is 1.78. The van der Waals surface area contributed by atoms with Gasteiger partial charge in [0.2, 0.25) is 0 Å². The number of hydrogen-bond donors (Lipinski definition) is 1. The minimum atomic E-state index is -0.294. The molecular weight excluding hydrogens is 267 g/mol. The van der Waals surface area contributed by atoms with Gasteiger partial charge in [0.05, 0.1) is 5.69 Å². The van der Waals surface area contributed by atoms with E-state index in [0.717, 1.165) is 24.2 Å². The molecule has 1 atom stereocenters. The molecule has 4 heteroatoms. The average Bonchev–Trinajstić information content (AvgIpc) is 2.51. The molecule has 0 aliphatic carbocycles. The number of benzene rings is 1. The number of halogens is 1. The molecule has 0 saturated heterocycles. The monoisotopic (exact) mass is 288 g/mol. The first-order chi connectivity index (χ1) is 10.2. The van der Waals surface area contributed by atoms with Crippen LogP contribution in [0.4, 0.5) is 4.39 Å². The van der Waals surface area contributed by atoms with E-state index in [2.05, 4.69) is 24.1 Å². The fraction of sp³-hybridized carbons (Fsp3) is 0.353. The van der Waals surface area contributed by atoms with Crippen LogP contribution in [0, 0.1) is 5.82 Å². The molecule has 1 heterocycles. The molecule has 2 rings (SSSR count). The molecule has 0 spiro atoms. The summed E-state index contributed by atoms with van der Waals surface area (Å²) in [4.78, 5) is 4.21. The molecule has 2 aromatic rings. The highest BCUT2D eigenvalue weighted by molar-refractivity contribution is 5.36. The van der Waals surface area contributed by atoms with Gasteiger partial charge in [-0.3, -0.25) is 4.98 Å². The lowest BCUT2D eigenvalue weighted by Crippen LogP contribution is -2.20. The molecule has 1 unspecified atom stereocenters. The summed E-state index contributed by atoms with van der Waals surface area (Å²) in [6.07, 6.45) is 2.77. The number of pyridine rings is 1. The van der Waals surface area contributed by atoms with Crippen LogP contribution in [0.5, 0.6) is 5.75 Å². The van der Waals surface area contributed by atoms with Crippen molar-refractivity contribution in [2.75, 3.05) is 6.54 Å². The van der Waals surface area contributed by atoms with Crippen LogP contribution in [-0.4, -0.2) is 11.5 Å². The highest BCUT2D eigenvalue weighted by atomic mass is 19.1. The van der Waals surface area contributed by atoms with Crippen molar-refractivity contribution in [2.24, 2.45) is 0 Å². The van der Waals surface area contributed by atoms with E-state index in [4.69, 9.17) is 4.74 Å². The lowest BCUT2D eigenvalue weighted by Gasteiger charge is -2.18. The van der Waals surface area contributed by atoms with Gasteiger partial charge in [-0.1, -0.05) is 19.1 Å². The van der Waals surface area contributed by atoms with Crippen LogP contribution in [-0.2, 0) is 6.61 Å². The third-order valence-corrected chi connectivity index (χ3v) is 3.24. The van der Waals surface area contributed by atoms with Crippen LogP contribution in [0.15, 0.2) is 42.6 Å². The van der Waals surface area contributed by atoms with Gasteiger partial charge in [0, 0.05) is 23.9 Å². The minimum Gasteiger partial charge on any atom is -0.487 e. The van der Waals surface area contributed by atoms with Crippen LogP contribution in [0.1, 0.15) is 37.6 Å². The Bertz CT molecular complexity index is 560. The van der Waals surface area contributed by atoms with Gasteiger partial charge in [-0.15, -0.1) is 0 Å². The van der Waals surface area contributed by atoms with Gasteiger partial charge in [0.25, 0.3) is 0 Å². The molecule has 0 radical (unpaired) electrons. The standard InChI is InChI=1S/C17H21FN2O/c1-3-9-19-13(2)16-8-7-14(18)11-17(16)21-12-15-6-4-5-10-20-15/h4-8,10-11,13,19H,3,9,12H2,1-2H3. The van der Waals surface area contributed by atoms with Crippen molar-refractivity contribution in [3.63, 3.8) is 0 Å². The molecule has 3 nitrogen and oxygen atoms in total. The molecule has 1 N–H and O–H groups in total. The summed E-state index contributed by atoms with van der Waals surface area (Å²) in [5, 5.41) is 3.39. The van der Waals surface area contributed by atoms with Crippen molar-refractivity contribution in [1.29, 1.82) is 0 Å². The van der Waals surface area contributed by atoms with E-state index in [1.165, 1.54) is 12.1 Å². The summed E-state index contributed by atoms with van der Waals surface area (Å²) >= 11 is 0. The van der Waals surface area contributed by atoms with Crippen molar-refractivity contribution in [3.8, 4) is 5.75 Å². The van der Waals surface area contributed by atoms with Crippen LogP contribution in [0.2, 0.25) is 0 Å². The SMILES string of the molecule is CCCNC(C)c1ccc(F)cc1OCc1ccccn1. The topological polar surface area (TPSA) is 34.1 Å². The number of rotatable bonds is 7. The Morgan fingerprint density at radius 1 is 1.29 bits per heavy atom. The molecule has 1 aromatic carbocycles. The fourth-order valence-electron chi connectivity index (χ4n) is 2.10. The van der Waals surface area contributed by atoms with E-state index < -0.39 is 0 Å². The second-order valence-corrected chi connectivity index (χ2v) is 4.97. The first kappa shape index (κ1) is 15.4. The number of aromatic nitrogens is 1. The van der Waals surface area contributed by atoms with Crippen molar-refractivity contribution >= 4 is 0 Å². The van der Waals surface area contributed by atoms with Crippen LogP contribution < -0.4 is 10.1 Å². The van der Waals surface area contributed by atoms with E-state index in [0.29, 0.717) is 12.4 Å². The van der Waals surface area contributed by atoms with E-state index in [9.17, 15) is 4.39 Å². The molecule has 112 valence electrons. The number of hydrogen-bond acceptors (Lipinski definition) is 3. The van der Waals surface area contributed by atoms with Crippen molar-refractivity contribution in [3.05, 3.63) is 59.7 Å². The first-order valence-corrected chi connectivity index (χ1v) is 7.26. The molecule has 21 heavy (non-hydrogen) atoms. The highest BCUT2D eigenvalue weighted by Gasteiger charge is 2.12. The third kappa shape index (κ3) is 4.53. The zero-order valence-electron chi connectivity index (χ0n) is 12.5. The summed E-state index contributed by atoms with van der Waals surface area (Å²) in [6, 6.07) is 10.4. The third-order valence-electron chi connectivity index (χ3n) is 3.24. The van der Waals surface area contributed by atoms with Crippen LogP contribution in [0.25, 0.3) is 0 Å². The summed E-state index contributed by atoms with van der Waals surface area (Å²) in [5.74, 6) is 0.272. The molecule has 0 aliphatic rings. The Morgan fingerprint density at radius 3 is 2.86 bits per heavy atom. The molecule has 0 aliphatic heterocycles. The molecular formula is C17H21FN2O. The predicted octanol–water partition coefficient (Wildman–Crippen LogP) is 3.86. The molecule has 0 amide bonds. The molecule has 0 saturated carbocycles. The van der Waals surface area contributed by atoms with Crippen molar-refractivity contribution in [1.82, 2.24) is 10.3 Å². The second kappa shape index (κ2) is 7.74. The van der Waals surface area contributed by atoms with Gasteiger partial charge in [-0.05, 0) is 38.1 Å². The summed E-state index contributed by atoms with van der Waals surface area (Å²) < 4.78 is 19.2. The Hall–Kier alpha value is -1.94. The van der Waals surface area contributed by atoms with E-state index in [1.807, 2.05) is 18.2 Å². The first-order valence-electron chi connectivity index (χ1n) is 7.26. The second-order valence-electron chi connectivity index (χ2n) is 4.97. The summed E-state index contributed by atoms with van der Waals surface area (Å²) in [7, 11) is 0. The zero-order chi connectivity index (χ0) is 15.1. The zero-order valence-corrected chi connectivity index (χ0v) is 12.5. The van der Waals surface area contributed by atoms with E-state index in [1.54, 1.807) is 12.3 Å². The Balaban J connectivity index is 2.11. The number of nitrogens with one attached hydrogen (secondary N) is 1. The Morgan fingerprint density at radius 2 is 2.14 bits per heavy atom. The van der Waals surface area contributed by atoms with Crippen LogP contribution >= 0.6 is 0 Å². The van der Waals surface area contributed by atoms with Gasteiger partial charge < -0.3 is 10.1 Å². The minimum absolute atomic E-state index is 0.115. The van der Waals surface area contributed by atoms with E-state index in [-0.39, 0.29) is 11.9 Å². The largest absolute Gasteiger partial charge is 0.487 e.